The Labute approximate surface area is 220 Å². The van der Waals surface area contributed by atoms with Crippen molar-refractivity contribution in [2.45, 2.75) is 13.8 Å². The topological polar surface area (TPSA) is 35.0 Å². The summed E-state index contributed by atoms with van der Waals surface area (Å²) in [7, 11) is -0.768. The van der Waals surface area contributed by atoms with Crippen LogP contribution in [0, 0.1) is 26.0 Å². The Kier molecular flexibility index (Phi) is 6.56. The smallest absolute Gasteiger partial charge is 0.460 e. The molecule has 6 aromatic rings. The van der Waals surface area contributed by atoms with E-state index < -0.39 is 7.53 Å². The zero-order valence-corrected chi connectivity index (χ0v) is 22.4. The SMILES string of the molecule is Cc1ccnc(Oc2[c-]c(-c3[c-]c4c(cc3)c3ccccc3p4-c3cc(C)ccn3)ccc2)c1.[Pt+2]. The predicted octanol–water partition coefficient (Wildman–Crippen LogP) is 8.43. The quantitative estimate of drug-likeness (QED) is 0.180. The third kappa shape index (κ3) is 4.55. The first-order chi connectivity index (χ1) is 16.7. The van der Waals surface area contributed by atoms with Crippen molar-refractivity contribution in [3.8, 4) is 28.2 Å². The monoisotopic (exact) mass is 651 g/mol. The van der Waals surface area contributed by atoms with Crippen LogP contribution in [0.1, 0.15) is 11.1 Å². The van der Waals surface area contributed by atoms with Gasteiger partial charge in [-0.2, -0.15) is 24.3 Å². The van der Waals surface area contributed by atoms with Crippen LogP contribution in [0.15, 0.2) is 91.3 Å². The van der Waals surface area contributed by atoms with E-state index >= 15 is 0 Å². The van der Waals surface area contributed by atoms with Gasteiger partial charge in [-0.15, -0.1) is 18.2 Å². The van der Waals surface area contributed by atoms with Crippen molar-refractivity contribution in [1.29, 1.82) is 0 Å². The van der Waals surface area contributed by atoms with E-state index in [1.165, 1.54) is 26.6 Å². The van der Waals surface area contributed by atoms with Gasteiger partial charge in [-0.1, -0.05) is 42.3 Å². The molecular weight excluding hydrogens is 630 g/mol. The molecule has 0 N–H and O–H groups in total. The Morgan fingerprint density at radius 2 is 1.49 bits per heavy atom. The van der Waals surface area contributed by atoms with Crippen molar-refractivity contribution in [3.05, 3.63) is 115 Å². The van der Waals surface area contributed by atoms with Crippen molar-refractivity contribution in [2.75, 3.05) is 0 Å². The van der Waals surface area contributed by atoms with Gasteiger partial charge in [0.25, 0.3) is 0 Å². The average molecular weight is 652 g/mol. The molecule has 0 bridgehead atoms. The van der Waals surface area contributed by atoms with E-state index in [-0.39, 0.29) is 21.1 Å². The summed E-state index contributed by atoms with van der Waals surface area (Å²) in [6.07, 6.45) is 3.66. The number of hydrogen-bond acceptors (Lipinski definition) is 3. The van der Waals surface area contributed by atoms with E-state index in [4.69, 9.17) is 9.72 Å². The Hall–Kier alpha value is -3.25. The van der Waals surface area contributed by atoms with Gasteiger partial charge >= 0.3 is 21.1 Å². The number of pyridine rings is 2. The van der Waals surface area contributed by atoms with E-state index in [0.29, 0.717) is 11.6 Å². The summed E-state index contributed by atoms with van der Waals surface area (Å²) in [5, 5.41) is 5.07. The van der Waals surface area contributed by atoms with Crippen molar-refractivity contribution in [3.63, 3.8) is 0 Å². The van der Waals surface area contributed by atoms with E-state index in [1.807, 2.05) is 49.5 Å². The number of nitrogens with zero attached hydrogens (tertiary/aromatic N) is 2. The van der Waals surface area contributed by atoms with Crippen LogP contribution in [0.3, 0.4) is 0 Å². The third-order valence-corrected chi connectivity index (χ3v) is 8.25. The number of aryl methyl sites for hydroxylation is 2. The number of benzene rings is 3. The largest absolute Gasteiger partial charge is 2.00 e. The van der Waals surface area contributed by atoms with Crippen molar-refractivity contribution in [1.82, 2.24) is 9.97 Å². The fourth-order valence-corrected chi connectivity index (χ4v) is 6.84. The van der Waals surface area contributed by atoms with E-state index in [0.717, 1.165) is 22.1 Å². The molecule has 0 saturated heterocycles. The Morgan fingerprint density at radius 3 is 2.31 bits per heavy atom. The zero-order chi connectivity index (χ0) is 23.1. The molecule has 0 amide bonds. The van der Waals surface area contributed by atoms with Crippen LogP contribution in [0.4, 0.5) is 0 Å². The second-order valence-corrected chi connectivity index (χ2v) is 10.4. The Morgan fingerprint density at radius 1 is 0.714 bits per heavy atom. The van der Waals surface area contributed by atoms with Crippen LogP contribution in [-0.4, -0.2) is 9.97 Å². The molecule has 0 saturated carbocycles. The maximum Gasteiger partial charge on any atom is 2.00 e. The molecule has 172 valence electrons. The molecule has 1 atom stereocenters. The molecule has 0 aliphatic carbocycles. The number of rotatable bonds is 4. The molecule has 0 radical (unpaired) electrons. The first kappa shape index (κ1) is 23.5. The maximum atomic E-state index is 5.98. The van der Waals surface area contributed by atoms with Crippen molar-refractivity contribution in [2.24, 2.45) is 0 Å². The van der Waals surface area contributed by atoms with Crippen LogP contribution >= 0.6 is 7.53 Å². The molecule has 3 heterocycles. The number of aromatic nitrogens is 2. The predicted molar refractivity (Wildman–Crippen MR) is 140 cm³/mol. The summed E-state index contributed by atoms with van der Waals surface area (Å²) in [6.45, 7) is 4.14. The molecule has 6 rings (SSSR count). The first-order valence-corrected chi connectivity index (χ1v) is 12.5. The van der Waals surface area contributed by atoms with Crippen LogP contribution < -0.4 is 4.74 Å². The summed E-state index contributed by atoms with van der Waals surface area (Å²) >= 11 is 0. The molecule has 35 heavy (non-hydrogen) atoms. The number of hydrogen-bond donors (Lipinski definition) is 0. The summed E-state index contributed by atoms with van der Waals surface area (Å²) in [6, 6.07) is 34.2. The molecule has 5 heteroatoms. The van der Waals surface area contributed by atoms with Gasteiger partial charge in [0.05, 0.1) is 5.44 Å². The Bertz CT molecular complexity index is 1670. The minimum Gasteiger partial charge on any atom is -0.460 e. The average Bonchev–Trinajstić information content (AvgIpc) is 3.18. The molecule has 1 unspecified atom stereocenters. The van der Waals surface area contributed by atoms with Gasteiger partial charge in [0.2, 0.25) is 5.88 Å². The van der Waals surface area contributed by atoms with Gasteiger partial charge in [0.1, 0.15) is 0 Å². The fourth-order valence-electron chi connectivity index (χ4n) is 4.27. The molecule has 0 aliphatic rings. The molecule has 0 fully saturated rings. The summed E-state index contributed by atoms with van der Waals surface area (Å²) in [5.74, 6) is 1.20. The molecule has 0 aliphatic heterocycles. The molecular formula is C30H21N2OPPt. The van der Waals surface area contributed by atoms with E-state index in [2.05, 4.69) is 66.5 Å². The number of fused-ring (bicyclic) bond motifs is 3. The van der Waals surface area contributed by atoms with Crippen LogP contribution in [0.25, 0.3) is 37.6 Å². The van der Waals surface area contributed by atoms with Crippen molar-refractivity contribution < 1.29 is 25.8 Å². The van der Waals surface area contributed by atoms with Crippen LogP contribution in [-0.2, 0) is 21.1 Å². The summed E-state index contributed by atoms with van der Waals surface area (Å²) < 4.78 is 5.98. The standard InChI is InChI=1S/C30H21N2OP.Pt/c1-20-12-14-31-29(16-20)33-24-7-5-6-22(18-24)23-10-11-26-25-8-3-4-9-27(25)34(28(26)19-23)30-17-21(2)13-15-32-30;/h3-17H,1-2H3;/q-2;+2. The van der Waals surface area contributed by atoms with Gasteiger partial charge in [-0.05, 0) is 53.7 Å². The molecule has 3 aromatic heterocycles. The first-order valence-electron chi connectivity index (χ1n) is 11.2. The summed E-state index contributed by atoms with van der Waals surface area (Å²) in [4.78, 5) is 9.07. The van der Waals surface area contributed by atoms with Gasteiger partial charge in [-0.25, -0.2) is 16.1 Å². The van der Waals surface area contributed by atoms with Crippen LogP contribution in [0.2, 0.25) is 0 Å². The van der Waals surface area contributed by atoms with Gasteiger partial charge in [-0.3, -0.25) is 4.98 Å². The third-order valence-electron chi connectivity index (χ3n) is 5.88. The maximum absolute atomic E-state index is 5.98. The van der Waals surface area contributed by atoms with Gasteiger partial charge in [0, 0.05) is 24.2 Å². The molecule has 3 nitrogen and oxygen atoms in total. The molecule has 0 spiro atoms. The second-order valence-electron chi connectivity index (χ2n) is 8.38. The van der Waals surface area contributed by atoms with Gasteiger partial charge in [0.15, 0.2) is 0 Å². The minimum atomic E-state index is -0.768. The minimum absolute atomic E-state index is 0. The number of ether oxygens (including phenoxy) is 1. The fraction of sp³-hybridized carbons (Fsp3) is 0.0667. The molecule has 3 aromatic carbocycles. The Balaban J connectivity index is 0.00000253. The summed E-state index contributed by atoms with van der Waals surface area (Å²) in [5.41, 5.74) is 5.37. The second kappa shape index (κ2) is 9.78. The van der Waals surface area contributed by atoms with E-state index in [9.17, 15) is 0 Å². The van der Waals surface area contributed by atoms with Crippen LogP contribution in [0.5, 0.6) is 11.6 Å². The van der Waals surface area contributed by atoms with E-state index in [1.54, 1.807) is 6.20 Å². The zero-order valence-electron chi connectivity index (χ0n) is 19.2. The van der Waals surface area contributed by atoms with Crippen molar-refractivity contribution >= 4 is 28.5 Å². The van der Waals surface area contributed by atoms with Gasteiger partial charge < -0.3 is 4.74 Å². The normalized spacial score (nSPS) is 11.4.